The van der Waals surface area contributed by atoms with E-state index in [2.05, 4.69) is 47.3 Å². The number of H-pyrrole nitrogens is 1. The second kappa shape index (κ2) is 7.77. The second-order valence-electron chi connectivity index (χ2n) is 10.0. The van der Waals surface area contributed by atoms with Gasteiger partial charge in [-0.05, 0) is 57.4 Å². The van der Waals surface area contributed by atoms with Gasteiger partial charge in [0.05, 0.1) is 23.9 Å². The van der Waals surface area contributed by atoms with Crippen molar-refractivity contribution >= 4 is 16.9 Å². The predicted octanol–water partition coefficient (Wildman–Crippen LogP) is 4.17. The van der Waals surface area contributed by atoms with E-state index in [1.807, 2.05) is 41.3 Å². The lowest BCUT2D eigenvalue weighted by Gasteiger charge is -2.29. The van der Waals surface area contributed by atoms with Gasteiger partial charge >= 0.3 is 0 Å². The smallest absolute Gasteiger partial charge is 0.251 e. The van der Waals surface area contributed by atoms with E-state index in [0.717, 1.165) is 52.7 Å². The van der Waals surface area contributed by atoms with Crippen molar-refractivity contribution in [3.05, 3.63) is 65.1 Å². The second-order valence-corrected chi connectivity index (χ2v) is 10.0. The van der Waals surface area contributed by atoms with Gasteiger partial charge in [0, 0.05) is 52.6 Å². The Morgan fingerprint density at radius 1 is 1.26 bits per heavy atom. The van der Waals surface area contributed by atoms with Crippen molar-refractivity contribution in [2.75, 3.05) is 0 Å². The van der Waals surface area contributed by atoms with Crippen LogP contribution in [0.5, 0.6) is 0 Å². The van der Waals surface area contributed by atoms with E-state index in [4.69, 9.17) is 9.84 Å². The molecule has 2 N–H and O–H groups in total. The van der Waals surface area contributed by atoms with E-state index in [0.29, 0.717) is 23.9 Å². The molecule has 1 saturated carbocycles. The molecule has 3 aromatic heterocycles. The van der Waals surface area contributed by atoms with E-state index in [9.17, 15) is 4.79 Å². The topological polar surface area (TPSA) is 97.7 Å². The number of carbonyl (C=O) groups is 1. The molecule has 2 aliphatic rings. The van der Waals surface area contributed by atoms with E-state index >= 15 is 0 Å². The van der Waals surface area contributed by atoms with Gasteiger partial charge in [0.15, 0.2) is 5.65 Å². The normalized spacial score (nSPS) is 18.0. The molecule has 0 radical (unpaired) electrons. The first kappa shape index (κ1) is 21.0. The van der Waals surface area contributed by atoms with Gasteiger partial charge < -0.3 is 10.1 Å². The van der Waals surface area contributed by atoms with Crippen molar-refractivity contribution in [1.82, 2.24) is 30.3 Å². The third-order valence-electron chi connectivity index (χ3n) is 6.78. The third kappa shape index (κ3) is 3.88. The molecule has 0 saturated heterocycles. The van der Waals surface area contributed by atoms with Crippen molar-refractivity contribution in [3.8, 4) is 11.3 Å². The van der Waals surface area contributed by atoms with Crippen molar-refractivity contribution < 1.29 is 9.53 Å². The number of nitrogens with one attached hydrogen (secondary N) is 2. The standard InChI is InChI=1S/C26H28N6O2/c1-15(16-4-6-17(7-5-16)25(33)28-20-8-9-20)32-13-19-10-18(12-27-24(19)31-32)23-21-14-34-26(2,3)11-22(21)29-30-23/h4-7,10,12-13,15,20H,8-9,11,14H2,1-3H3,(H,28,33)(H,29,30). The lowest BCUT2D eigenvalue weighted by atomic mass is 9.95. The number of nitrogens with zero attached hydrogens (tertiary/aromatic N) is 4. The minimum atomic E-state index is -0.185. The summed E-state index contributed by atoms with van der Waals surface area (Å²) in [5, 5.41) is 16.4. The molecular weight excluding hydrogens is 428 g/mol. The van der Waals surface area contributed by atoms with Crippen LogP contribution in [0.3, 0.4) is 0 Å². The Bertz CT molecular complexity index is 1380. The van der Waals surface area contributed by atoms with Gasteiger partial charge in [-0.2, -0.15) is 10.2 Å². The Balaban J connectivity index is 1.24. The van der Waals surface area contributed by atoms with Gasteiger partial charge in [-0.1, -0.05) is 12.1 Å². The molecule has 1 aliphatic carbocycles. The Hall–Kier alpha value is -3.52. The summed E-state index contributed by atoms with van der Waals surface area (Å²) in [5.41, 5.74) is 6.35. The molecule has 4 aromatic rings. The molecule has 34 heavy (non-hydrogen) atoms. The Morgan fingerprint density at radius 2 is 2.06 bits per heavy atom. The summed E-state index contributed by atoms with van der Waals surface area (Å²) < 4.78 is 7.93. The third-order valence-corrected chi connectivity index (χ3v) is 6.78. The average Bonchev–Trinajstić information content (AvgIpc) is 3.38. The highest BCUT2D eigenvalue weighted by Crippen LogP contribution is 2.33. The highest BCUT2D eigenvalue weighted by Gasteiger charge is 2.30. The lowest BCUT2D eigenvalue weighted by molar-refractivity contribution is -0.0404. The maximum absolute atomic E-state index is 12.3. The summed E-state index contributed by atoms with van der Waals surface area (Å²) in [6, 6.07) is 10.2. The maximum Gasteiger partial charge on any atom is 0.251 e. The summed E-state index contributed by atoms with van der Waals surface area (Å²) in [4.78, 5) is 16.9. The molecule has 1 amide bonds. The fraction of sp³-hybridized carbons (Fsp3) is 0.385. The first-order chi connectivity index (χ1) is 16.4. The van der Waals surface area contributed by atoms with Crippen molar-refractivity contribution in [2.24, 2.45) is 0 Å². The van der Waals surface area contributed by atoms with Crippen LogP contribution >= 0.6 is 0 Å². The average molecular weight is 457 g/mol. The number of aromatic nitrogens is 5. The molecule has 1 atom stereocenters. The largest absolute Gasteiger partial charge is 0.370 e. The molecule has 8 heteroatoms. The van der Waals surface area contributed by atoms with E-state index < -0.39 is 0 Å². The van der Waals surface area contributed by atoms with Crippen LogP contribution in [0.4, 0.5) is 0 Å². The molecule has 6 rings (SSSR count). The number of rotatable bonds is 5. The van der Waals surface area contributed by atoms with Crippen molar-refractivity contribution in [1.29, 1.82) is 0 Å². The highest BCUT2D eigenvalue weighted by molar-refractivity contribution is 5.94. The number of amides is 1. The number of ether oxygens (including phenoxy) is 1. The number of fused-ring (bicyclic) bond motifs is 2. The number of hydrogen-bond acceptors (Lipinski definition) is 5. The van der Waals surface area contributed by atoms with Crippen LogP contribution in [-0.4, -0.2) is 42.5 Å². The monoisotopic (exact) mass is 456 g/mol. The number of aromatic amines is 1. The van der Waals surface area contributed by atoms with E-state index in [1.165, 1.54) is 0 Å². The Kier molecular flexibility index (Phi) is 4.81. The van der Waals surface area contributed by atoms with Crippen LogP contribution in [-0.2, 0) is 17.8 Å². The summed E-state index contributed by atoms with van der Waals surface area (Å²) in [6.45, 7) is 6.82. The van der Waals surface area contributed by atoms with Gasteiger partial charge in [-0.25, -0.2) is 4.98 Å². The molecule has 174 valence electrons. The van der Waals surface area contributed by atoms with Crippen molar-refractivity contribution in [2.45, 2.75) is 64.3 Å². The lowest BCUT2D eigenvalue weighted by Crippen LogP contribution is -2.31. The maximum atomic E-state index is 12.3. The van der Waals surface area contributed by atoms with Gasteiger partial charge in [-0.15, -0.1) is 0 Å². The predicted molar refractivity (Wildman–Crippen MR) is 128 cm³/mol. The molecule has 1 unspecified atom stereocenters. The van der Waals surface area contributed by atoms with Crippen LogP contribution in [0.15, 0.2) is 42.7 Å². The molecular formula is C26H28N6O2. The number of hydrogen-bond donors (Lipinski definition) is 2. The summed E-state index contributed by atoms with van der Waals surface area (Å²) in [7, 11) is 0. The molecule has 1 aliphatic heterocycles. The minimum absolute atomic E-state index is 0.00206. The zero-order valence-electron chi connectivity index (χ0n) is 19.6. The SMILES string of the molecule is CC(c1ccc(C(=O)NC2CC2)cc1)n1cc2cc(-c3n[nH]c4c3COC(C)(C)C4)cnc2n1. The highest BCUT2D eigenvalue weighted by atomic mass is 16.5. The van der Waals surface area contributed by atoms with Crippen LogP contribution in [0.25, 0.3) is 22.3 Å². The zero-order chi connectivity index (χ0) is 23.4. The summed E-state index contributed by atoms with van der Waals surface area (Å²) >= 11 is 0. The van der Waals surface area contributed by atoms with E-state index in [1.54, 1.807) is 0 Å². The molecule has 0 bridgehead atoms. The fourth-order valence-electron chi connectivity index (χ4n) is 4.51. The fourth-order valence-corrected chi connectivity index (χ4v) is 4.51. The van der Waals surface area contributed by atoms with Crippen LogP contribution in [0, 0.1) is 0 Å². The quantitative estimate of drug-likeness (QED) is 0.470. The number of benzene rings is 1. The van der Waals surface area contributed by atoms with Gasteiger partial charge in [0.25, 0.3) is 5.91 Å². The van der Waals surface area contributed by atoms with Gasteiger partial charge in [0.1, 0.15) is 0 Å². The van der Waals surface area contributed by atoms with Crippen LogP contribution < -0.4 is 5.32 Å². The van der Waals surface area contributed by atoms with Crippen LogP contribution in [0.1, 0.15) is 66.8 Å². The van der Waals surface area contributed by atoms with Crippen LogP contribution in [0.2, 0.25) is 0 Å². The zero-order valence-corrected chi connectivity index (χ0v) is 19.6. The van der Waals surface area contributed by atoms with Gasteiger partial charge in [-0.3, -0.25) is 14.6 Å². The van der Waals surface area contributed by atoms with E-state index in [-0.39, 0.29) is 17.6 Å². The van der Waals surface area contributed by atoms with Gasteiger partial charge in [0.2, 0.25) is 0 Å². The molecule has 8 nitrogen and oxygen atoms in total. The molecule has 0 spiro atoms. The number of pyridine rings is 1. The first-order valence-electron chi connectivity index (χ1n) is 11.8. The molecule has 1 aromatic carbocycles. The minimum Gasteiger partial charge on any atom is -0.370 e. The summed E-state index contributed by atoms with van der Waals surface area (Å²) in [5.74, 6) is -0.00206. The Labute approximate surface area is 197 Å². The Morgan fingerprint density at radius 3 is 2.82 bits per heavy atom. The first-order valence-corrected chi connectivity index (χ1v) is 11.8. The summed E-state index contributed by atoms with van der Waals surface area (Å²) in [6.07, 6.45) is 6.81. The van der Waals surface area contributed by atoms with Crippen molar-refractivity contribution in [3.63, 3.8) is 0 Å². The number of carbonyl (C=O) groups excluding carboxylic acids is 1. The molecule has 1 fully saturated rings. The molecule has 4 heterocycles.